The van der Waals surface area contributed by atoms with E-state index in [1.807, 2.05) is 6.20 Å². The number of benzene rings is 2. The number of unbranched alkanes of at least 4 members (excludes halogenated alkanes) is 4. The summed E-state index contributed by atoms with van der Waals surface area (Å²) >= 11 is 0. The quantitative estimate of drug-likeness (QED) is 0.265. The molecule has 0 saturated carbocycles. The number of hydrogen-bond donors (Lipinski definition) is 0. The monoisotopic (exact) mass is 415 g/mol. The van der Waals surface area contributed by atoms with E-state index in [2.05, 4.69) is 79.5 Å². The lowest BCUT2D eigenvalue weighted by Gasteiger charge is -2.08. The summed E-state index contributed by atoms with van der Waals surface area (Å²) in [6.45, 7) is 5.26. The zero-order valence-corrected chi connectivity index (χ0v) is 19.3. The first-order valence-electron chi connectivity index (χ1n) is 12.0. The van der Waals surface area contributed by atoms with E-state index >= 15 is 0 Å². The maximum atomic E-state index is 5.89. The van der Waals surface area contributed by atoms with E-state index < -0.39 is 0 Å². The molecular weight excluding hydrogens is 378 g/mol. The molecule has 0 unspecified atom stereocenters. The van der Waals surface area contributed by atoms with E-state index in [-0.39, 0.29) is 0 Å². The van der Waals surface area contributed by atoms with Gasteiger partial charge in [0.05, 0.1) is 6.61 Å². The van der Waals surface area contributed by atoms with Crippen LogP contribution in [0.3, 0.4) is 0 Å². The number of ether oxygens (including phenoxy) is 1. The highest BCUT2D eigenvalue weighted by molar-refractivity contribution is 5.64. The van der Waals surface area contributed by atoms with Crippen LogP contribution in [0.1, 0.15) is 69.2 Å². The summed E-state index contributed by atoms with van der Waals surface area (Å²) in [5.74, 6) is 0.966. The van der Waals surface area contributed by atoms with Gasteiger partial charge in [0.25, 0.3) is 0 Å². The third-order valence-corrected chi connectivity index (χ3v) is 5.75. The van der Waals surface area contributed by atoms with E-state index in [1.165, 1.54) is 60.1 Å². The highest BCUT2D eigenvalue weighted by Gasteiger charge is 2.02. The molecule has 1 aromatic heterocycles. The van der Waals surface area contributed by atoms with Gasteiger partial charge >= 0.3 is 0 Å². The lowest BCUT2D eigenvalue weighted by Crippen LogP contribution is -1.97. The first-order valence-corrected chi connectivity index (χ1v) is 12.0. The zero-order chi connectivity index (χ0) is 21.7. The summed E-state index contributed by atoms with van der Waals surface area (Å²) in [6.07, 6.45) is 12.6. The van der Waals surface area contributed by atoms with Crippen LogP contribution < -0.4 is 4.74 Å². The number of aryl methyl sites for hydroxylation is 3. The molecule has 0 amide bonds. The second kappa shape index (κ2) is 12.9. The maximum Gasteiger partial charge on any atom is 0.119 e. The van der Waals surface area contributed by atoms with Crippen molar-refractivity contribution in [2.75, 3.05) is 6.61 Å². The average molecular weight is 416 g/mol. The van der Waals surface area contributed by atoms with Gasteiger partial charge in [-0.05, 0) is 66.1 Å². The SMILES string of the molecule is CCCCCCCOc1ccc(-c2ccc(CCc3ccc(CCC)cn3)cc2)cc1. The molecule has 0 bridgehead atoms. The standard InChI is InChI=1S/C29H37NO/c1-3-5-6-7-8-22-31-29-20-16-27(17-21-29)26-14-10-24(11-15-26)12-18-28-19-13-25(9-4-2)23-30-28/h10-11,13-17,19-21,23H,3-9,12,18,22H2,1-2H3. The first kappa shape index (κ1) is 23.1. The van der Waals surface area contributed by atoms with Gasteiger partial charge in [-0.3, -0.25) is 4.98 Å². The van der Waals surface area contributed by atoms with Gasteiger partial charge in [-0.25, -0.2) is 0 Å². The number of pyridine rings is 1. The summed E-state index contributed by atoms with van der Waals surface area (Å²) in [5, 5.41) is 0. The van der Waals surface area contributed by atoms with Gasteiger partial charge in [0.15, 0.2) is 0 Å². The van der Waals surface area contributed by atoms with Crippen LogP contribution in [0.25, 0.3) is 11.1 Å². The number of rotatable bonds is 13. The molecule has 164 valence electrons. The van der Waals surface area contributed by atoms with Crippen molar-refractivity contribution >= 4 is 0 Å². The van der Waals surface area contributed by atoms with Crippen LogP contribution >= 0.6 is 0 Å². The summed E-state index contributed by atoms with van der Waals surface area (Å²) in [7, 11) is 0. The molecule has 31 heavy (non-hydrogen) atoms. The minimum Gasteiger partial charge on any atom is -0.494 e. The molecule has 1 heterocycles. The van der Waals surface area contributed by atoms with Crippen molar-refractivity contribution in [2.45, 2.75) is 71.6 Å². The van der Waals surface area contributed by atoms with E-state index in [1.54, 1.807) is 0 Å². The molecule has 3 aromatic rings. The molecule has 2 heteroatoms. The highest BCUT2D eigenvalue weighted by atomic mass is 16.5. The minimum absolute atomic E-state index is 0.813. The Morgan fingerprint density at radius 2 is 1.29 bits per heavy atom. The number of nitrogens with zero attached hydrogens (tertiary/aromatic N) is 1. The summed E-state index contributed by atoms with van der Waals surface area (Å²) in [5.41, 5.74) is 6.34. The van der Waals surface area contributed by atoms with Crippen molar-refractivity contribution in [3.63, 3.8) is 0 Å². The predicted molar refractivity (Wildman–Crippen MR) is 132 cm³/mol. The fourth-order valence-electron chi connectivity index (χ4n) is 3.82. The van der Waals surface area contributed by atoms with Gasteiger partial charge in [-0.15, -0.1) is 0 Å². The Labute approximate surface area is 188 Å². The van der Waals surface area contributed by atoms with Gasteiger partial charge in [-0.2, -0.15) is 0 Å². The van der Waals surface area contributed by atoms with Crippen molar-refractivity contribution in [3.8, 4) is 16.9 Å². The Balaban J connectivity index is 1.45. The maximum absolute atomic E-state index is 5.89. The van der Waals surface area contributed by atoms with Crippen molar-refractivity contribution < 1.29 is 4.74 Å². The zero-order valence-electron chi connectivity index (χ0n) is 19.3. The predicted octanol–water partition coefficient (Wildman–Crippen LogP) is 7.84. The Bertz CT molecular complexity index is 866. The van der Waals surface area contributed by atoms with Crippen LogP contribution in [0.5, 0.6) is 5.75 Å². The topological polar surface area (TPSA) is 22.1 Å². The van der Waals surface area contributed by atoms with E-state index in [0.717, 1.165) is 38.0 Å². The molecular formula is C29H37NO. The normalized spacial score (nSPS) is 10.9. The van der Waals surface area contributed by atoms with Crippen molar-refractivity contribution in [3.05, 3.63) is 83.7 Å². The molecule has 2 nitrogen and oxygen atoms in total. The van der Waals surface area contributed by atoms with Crippen LogP contribution in [0.2, 0.25) is 0 Å². The molecule has 0 fully saturated rings. The van der Waals surface area contributed by atoms with Gasteiger partial charge < -0.3 is 4.74 Å². The molecule has 2 aromatic carbocycles. The molecule has 0 atom stereocenters. The van der Waals surface area contributed by atoms with Crippen LogP contribution in [-0.2, 0) is 19.3 Å². The summed E-state index contributed by atoms with van der Waals surface area (Å²) in [4.78, 5) is 4.61. The van der Waals surface area contributed by atoms with E-state index in [0.29, 0.717) is 0 Å². The van der Waals surface area contributed by atoms with Crippen molar-refractivity contribution in [2.24, 2.45) is 0 Å². The second-order valence-electron chi connectivity index (χ2n) is 8.39. The minimum atomic E-state index is 0.813. The molecule has 0 N–H and O–H groups in total. The third-order valence-electron chi connectivity index (χ3n) is 5.75. The lowest BCUT2D eigenvalue weighted by molar-refractivity contribution is 0.304. The average Bonchev–Trinajstić information content (AvgIpc) is 2.82. The van der Waals surface area contributed by atoms with Crippen molar-refractivity contribution in [1.29, 1.82) is 0 Å². The second-order valence-corrected chi connectivity index (χ2v) is 8.39. The lowest BCUT2D eigenvalue weighted by atomic mass is 10.0. The van der Waals surface area contributed by atoms with Crippen molar-refractivity contribution in [1.82, 2.24) is 4.98 Å². The van der Waals surface area contributed by atoms with Crippen LogP contribution in [0.4, 0.5) is 0 Å². The molecule has 3 rings (SSSR count). The van der Waals surface area contributed by atoms with Crippen LogP contribution in [0, 0.1) is 0 Å². The molecule has 0 aliphatic heterocycles. The smallest absolute Gasteiger partial charge is 0.119 e. The fourth-order valence-corrected chi connectivity index (χ4v) is 3.82. The largest absolute Gasteiger partial charge is 0.494 e. The Morgan fingerprint density at radius 1 is 0.613 bits per heavy atom. The Hall–Kier alpha value is -2.61. The summed E-state index contributed by atoms with van der Waals surface area (Å²) in [6, 6.07) is 21.8. The molecule has 0 aliphatic rings. The molecule has 0 aliphatic carbocycles. The summed E-state index contributed by atoms with van der Waals surface area (Å²) < 4.78 is 5.89. The number of hydrogen-bond acceptors (Lipinski definition) is 2. The Morgan fingerprint density at radius 3 is 1.94 bits per heavy atom. The molecule has 0 spiro atoms. The van der Waals surface area contributed by atoms with E-state index in [9.17, 15) is 0 Å². The Kier molecular flexibility index (Phi) is 9.63. The van der Waals surface area contributed by atoms with Crippen LogP contribution in [0.15, 0.2) is 66.9 Å². The van der Waals surface area contributed by atoms with Gasteiger partial charge in [0.1, 0.15) is 5.75 Å². The molecule has 0 saturated heterocycles. The van der Waals surface area contributed by atoms with Gasteiger partial charge in [-0.1, -0.05) is 88.4 Å². The number of aromatic nitrogens is 1. The van der Waals surface area contributed by atoms with Gasteiger partial charge in [0, 0.05) is 11.9 Å². The first-order chi connectivity index (χ1) is 15.3. The fraction of sp³-hybridized carbons (Fsp3) is 0.414. The van der Waals surface area contributed by atoms with Crippen LogP contribution in [-0.4, -0.2) is 11.6 Å². The molecule has 0 radical (unpaired) electrons. The van der Waals surface area contributed by atoms with Gasteiger partial charge in [0.2, 0.25) is 0 Å². The van der Waals surface area contributed by atoms with E-state index in [4.69, 9.17) is 4.74 Å². The highest BCUT2D eigenvalue weighted by Crippen LogP contribution is 2.23. The third kappa shape index (κ3) is 7.86.